The second-order valence-electron chi connectivity index (χ2n) is 5.09. The molecular weight excluding hydrogens is 349 g/mol. The zero-order chi connectivity index (χ0) is 14.3. The van der Waals surface area contributed by atoms with Crippen LogP contribution in [-0.4, -0.2) is 6.54 Å². The second kappa shape index (κ2) is 14.4. The number of hydrogen-bond acceptors (Lipinski definition) is 0. The molecule has 2 rings (SSSR count). The molecule has 0 saturated heterocycles. The summed E-state index contributed by atoms with van der Waals surface area (Å²) in [5.41, 5.74) is 13.3. The number of halogens is 2. The molecule has 1 N–H and O–H groups in total. The zero-order valence-corrected chi connectivity index (χ0v) is 16.9. The van der Waals surface area contributed by atoms with Crippen molar-refractivity contribution in [3.8, 4) is 0 Å². The maximum Gasteiger partial charge on any atom is 2.00 e. The van der Waals surface area contributed by atoms with Crippen LogP contribution in [0, 0.1) is 6.92 Å². The molecule has 0 amide bonds. The first kappa shape index (κ1) is 26.7. The van der Waals surface area contributed by atoms with Crippen LogP contribution in [-0.2, 0) is 21.7 Å². The van der Waals surface area contributed by atoms with Crippen molar-refractivity contribution in [1.82, 2.24) is 0 Å². The molecule has 0 spiro atoms. The Morgan fingerprint density at radius 1 is 1.14 bits per heavy atom. The minimum absolute atomic E-state index is 0. The Kier molecular flexibility index (Phi) is 17.5. The van der Waals surface area contributed by atoms with Crippen molar-refractivity contribution in [1.29, 1.82) is 0 Å². The monoisotopic (exact) mass is 375 g/mol. The number of nitrogens with one attached hydrogen (secondary N) is 1. The minimum atomic E-state index is 0. The molecule has 0 unspecified atom stereocenters. The number of hydrogen-bond donors (Lipinski definition) is 0. The number of allylic oxidation sites excluding steroid dienone is 4. The third-order valence-corrected chi connectivity index (χ3v) is 3.27. The van der Waals surface area contributed by atoms with Crippen molar-refractivity contribution in [2.24, 2.45) is 0 Å². The summed E-state index contributed by atoms with van der Waals surface area (Å²) >= 11 is 0. The molecule has 0 atom stereocenters. The third-order valence-electron chi connectivity index (χ3n) is 3.27. The van der Waals surface area contributed by atoms with Crippen molar-refractivity contribution in [3.05, 3.63) is 65.3 Å². The van der Waals surface area contributed by atoms with Gasteiger partial charge in [-0.15, -0.1) is 42.5 Å². The molecule has 22 heavy (non-hydrogen) atoms. The average molecular weight is 376 g/mol. The average Bonchev–Trinajstić information content (AvgIpc) is 2.71. The van der Waals surface area contributed by atoms with E-state index in [1.807, 2.05) is 6.07 Å². The maximum atomic E-state index is 6.60. The van der Waals surface area contributed by atoms with Gasteiger partial charge in [0.25, 0.3) is 0 Å². The molecule has 0 radical (unpaired) electrons. The number of benzene rings is 1. The van der Waals surface area contributed by atoms with Crippen LogP contribution in [0.4, 0.5) is 0 Å². The van der Waals surface area contributed by atoms with E-state index in [1.54, 1.807) is 0 Å². The van der Waals surface area contributed by atoms with E-state index in [9.17, 15) is 0 Å². The van der Waals surface area contributed by atoms with Gasteiger partial charge in [-0.3, -0.25) is 0 Å². The van der Waals surface area contributed by atoms with Gasteiger partial charge < -0.3 is 5.73 Å². The predicted molar refractivity (Wildman–Crippen MR) is 100 cm³/mol. The molecule has 0 saturated carbocycles. The fourth-order valence-corrected chi connectivity index (χ4v) is 2.23. The van der Waals surface area contributed by atoms with Gasteiger partial charge in [0.2, 0.25) is 0 Å². The molecular formula is C18H27Cl2NTi. The zero-order valence-electron chi connectivity index (χ0n) is 13.7. The topological polar surface area (TPSA) is 23.8 Å². The molecule has 1 aromatic rings. The van der Waals surface area contributed by atoms with Crippen LogP contribution >= 0.6 is 24.8 Å². The van der Waals surface area contributed by atoms with Gasteiger partial charge in [-0.25, -0.2) is 0 Å². The van der Waals surface area contributed by atoms with Crippen LogP contribution in [0.25, 0.3) is 11.3 Å². The summed E-state index contributed by atoms with van der Waals surface area (Å²) in [7, 11) is 0. The van der Waals surface area contributed by atoms with Gasteiger partial charge in [0.15, 0.2) is 0 Å². The fourth-order valence-electron chi connectivity index (χ4n) is 2.23. The first-order valence-corrected chi connectivity index (χ1v) is 7.03. The summed E-state index contributed by atoms with van der Waals surface area (Å²) in [6, 6.07) is 8.35. The summed E-state index contributed by atoms with van der Waals surface area (Å²) in [4.78, 5) is 0. The van der Waals surface area contributed by atoms with Crippen LogP contribution in [0.1, 0.15) is 51.2 Å². The van der Waals surface area contributed by atoms with Crippen molar-refractivity contribution in [2.45, 2.75) is 40.0 Å². The van der Waals surface area contributed by atoms with Crippen LogP contribution in [0.3, 0.4) is 0 Å². The molecule has 0 aliphatic heterocycles. The van der Waals surface area contributed by atoms with Crippen LogP contribution in [0.5, 0.6) is 0 Å². The van der Waals surface area contributed by atoms with Gasteiger partial charge in [-0.2, -0.15) is 25.1 Å². The maximum absolute atomic E-state index is 6.60. The molecule has 1 aliphatic rings. The molecule has 4 heteroatoms. The van der Waals surface area contributed by atoms with E-state index in [-0.39, 0.29) is 46.5 Å². The van der Waals surface area contributed by atoms with Crippen LogP contribution < -0.4 is 0 Å². The van der Waals surface area contributed by atoms with Crippen LogP contribution in [0.15, 0.2) is 41.5 Å². The fraction of sp³-hybridized carbons (Fsp3) is 0.389. The summed E-state index contributed by atoms with van der Waals surface area (Å²) in [5, 5.41) is 0. The van der Waals surface area contributed by atoms with E-state index >= 15 is 0 Å². The molecule has 1 aromatic carbocycles. The minimum Gasteiger partial charge on any atom is -0.677 e. The molecule has 0 fully saturated rings. The second-order valence-corrected chi connectivity index (χ2v) is 5.09. The third kappa shape index (κ3) is 8.46. The van der Waals surface area contributed by atoms with Gasteiger partial charge in [0.1, 0.15) is 0 Å². The largest absolute Gasteiger partial charge is 2.00 e. The SMILES string of the molecule is CCCC[NH-].Cl.Cl.[CH2-]c1ccccc1C1=C(C)C=C(C)C1.[Ti+2]. The molecule has 0 aromatic heterocycles. The standard InChI is InChI=1S/C14H15.C4H10N.2ClH.Ti/c1-10-8-12(3)14(9-10)13-7-5-4-6-11(13)2;1-2-3-4-5;;;/h4-8H,2,9H2,1,3H3;5H,2-4H2,1H3;2*1H;/q2*-1;;;+2. The molecule has 0 bridgehead atoms. The smallest absolute Gasteiger partial charge is 0.677 e. The molecule has 1 nitrogen and oxygen atoms in total. The van der Waals surface area contributed by atoms with Crippen molar-refractivity contribution >= 4 is 30.4 Å². The normalized spacial score (nSPS) is 12.1. The first-order valence-electron chi connectivity index (χ1n) is 7.03. The van der Waals surface area contributed by atoms with E-state index in [0.29, 0.717) is 6.54 Å². The summed E-state index contributed by atoms with van der Waals surface area (Å²) in [5.74, 6) is 0. The summed E-state index contributed by atoms with van der Waals surface area (Å²) in [6.45, 7) is 11.1. The van der Waals surface area contributed by atoms with Gasteiger partial charge in [-0.05, 0) is 20.3 Å². The van der Waals surface area contributed by atoms with E-state index in [1.165, 1.54) is 22.3 Å². The van der Waals surface area contributed by atoms with E-state index in [4.69, 9.17) is 5.73 Å². The molecule has 122 valence electrons. The van der Waals surface area contributed by atoms with Crippen molar-refractivity contribution in [2.75, 3.05) is 6.54 Å². The Hall–Kier alpha value is -0.176. The Morgan fingerprint density at radius 2 is 1.73 bits per heavy atom. The van der Waals surface area contributed by atoms with Gasteiger partial charge in [0, 0.05) is 0 Å². The van der Waals surface area contributed by atoms with E-state index in [0.717, 1.165) is 24.8 Å². The number of rotatable bonds is 3. The van der Waals surface area contributed by atoms with E-state index in [2.05, 4.69) is 52.0 Å². The summed E-state index contributed by atoms with van der Waals surface area (Å²) < 4.78 is 0. The van der Waals surface area contributed by atoms with Gasteiger partial charge in [-0.1, -0.05) is 48.6 Å². The Balaban J connectivity index is -0.000000401. The predicted octanol–water partition coefficient (Wildman–Crippen LogP) is 6.67. The Labute approximate surface area is 163 Å². The quantitative estimate of drug-likeness (QED) is 0.416. The van der Waals surface area contributed by atoms with E-state index < -0.39 is 0 Å². The van der Waals surface area contributed by atoms with Crippen molar-refractivity contribution < 1.29 is 21.7 Å². The molecule has 1 aliphatic carbocycles. The Morgan fingerprint density at radius 3 is 2.09 bits per heavy atom. The summed E-state index contributed by atoms with van der Waals surface area (Å²) in [6.07, 6.45) is 5.56. The molecule has 0 heterocycles. The van der Waals surface area contributed by atoms with Crippen LogP contribution in [0.2, 0.25) is 0 Å². The van der Waals surface area contributed by atoms with Gasteiger partial charge in [0.05, 0.1) is 0 Å². The first-order chi connectivity index (χ1) is 9.10. The van der Waals surface area contributed by atoms with Gasteiger partial charge >= 0.3 is 21.7 Å². The number of unbranched alkanes of at least 4 members (excludes halogenated alkanes) is 1. The van der Waals surface area contributed by atoms with Crippen molar-refractivity contribution in [3.63, 3.8) is 0 Å². The Bertz CT molecular complexity index is 480.